The number of hydrogen-bond donors (Lipinski definition) is 0. The van der Waals surface area contributed by atoms with Gasteiger partial charge in [-0.15, -0.1) is 0 Å². The van der Waals surface area contributed by atoms with Gasteiger partial charge in [-0.05, 0) is 30.7 Å². The molecule has 2 nitrogen and oxygen atoms in total. The van der Waals surface area contributed by atoms with Crippen LogP contribution >= 0.6 is 0 Å². The Morgan fingerprint density at radius 3 is 2.76 bits per heavy atom. The Bertz CT molecular complexity index is 323. The summed E-state index contributed by atoms with van der Waals surface area (Å²) in [6, 6.07) is 11.0. The molecule has 1 aromatic carbocycles. The van der Waals surface area contributed by atoms with E-state index < -0.39 is 0 Å². The molecule has 0 saturated carbocycles. The number of nitrogens with zero attached hydrogens (tertiary/aromatic N) is 1. The average Bonchev–Trinajstić information content (AvgIpc) is 2.74. The van der Waals surface area contributed by atoms with E-state index in [9.17, 15) is 0 Å². The lowest BCUT2D eigenvalue weighted by Crippen LogP contribution is -2.30. The zero-order valence-corrected chi connectivity index (χ0v) is 10.9. The topological polar surface area (TPSA) is 12.5 Å². The SMILES string of the molecule is CC(C)CC1CCCN1OCc1ccccc1. The lowest BCUT2D eigenvalue weighted by molar-refractivity contribution is -0.181. The van der Waals surface area contributed by atoms with Crippen LogP contribution in [-0.4, -0.2) is 17.6 Å². The molecule has 1 saturated heterocycles. The standard InChI is InChI=1S/C15H23NO/c1-13(2)11-15-9-6-10-16(15)17-12-14-7-4-3-5-8-14/h3-5,7-8,13,15H,6,9-12H2,1-2H3. The maximum Gasteiger partial charge on any atom is 0.0936 e. The molecule has 0 spiro atoms. The number of benzene rings is 1. The van der Waals surface area contributed by atoms with Crippen LogP contribution in [0.4, 0.5) is 0 Å². The molecule has 0 bridgehead atoms. The van der Waals surface area contributed by atoms with Gasteiger partial charge in [0, 0.05) is 12.6 Å². The summed E-state index contributed by atoms with van der Waals surface area (Å²) in [5, 5.41) is 2.20. The molecule has 1 atom stereocenters. The molecule has 1 aromatic rings. The van der Waals surface area contributed by atoms with Gasteiger partial charge in [0.25, 0.3) is 0 Å². The van der Waals surface area contributed by atoms with Crippen molar-refractivity contribution in [3.63, 3.8) is 0 Å². The molecular weight excluding hydrogens is 210 g/mol. The first-order valence-electron chi connectivity index (χ1n) is 6.69. The number of hydrogen-bond acceptors (Lipinski definition) is 2. The molecule has 1 aliphatic rings. The van der Waals surface area contributed by atoms with E-state index >= 15 is 0 Å². The number of rotatable bonds is 5. The van der Waals surface area contributed by atoms with Crippen LogP contribution in [-0.2, 0) is 11.4 Å². The van der Waals surface area contributed by atoms with Crippen LogP contribution in [0.1, 0.15) is 38.7 Å². The van der Waals surface area contributed by atoms with Crippen LogP contribution in [0, 0.1) is 5.92 Å². The van der Waals surface area contributed by atoms with Gasteiger partial charge in [0.05, 0.1) is 6.61 Å². The molecule has 1 aliphatic heterocycles. The lowest BCUT2D eigenvalue weighted by Gasteiger charge is -2.25. The third-order valence-electron chi connectivity index (χ3n) is 3.31. The molecule has 1 fully saturated rings. The van der Waals surface area contributed by atoms with Crippen molar-refractivity contribution in [3.05, 3.63) is 35.9 Å². The van der Waals surface area contributed by atoms with Crippen LogP contribution in [0.5, 0.6) is 0 Å². The van der Waals surface area contributed by atoms with Crippen molar-refractivity contribution in [3.8, 4) is 0 Å². The van der Waals surface area contributed by atoms with Crippen molar-refractivity contribution in [2.24, 2.45) is 5.92 Å². The highest BCUT2D eigenvalue weighted by atomic mass is 16.7. The third kappa shape index (κ3) is 3.83. The fourth-order valence-electron chi connectivity index (χ4n) is 2.49. The summed E-state index contributed by atoms with van der Waals surface area (Å²) in [6.07, 6.45) is 3.80. The molecule has 1 unspecified atom stereocenters. The fourth-order valence-corrected chi connectivity index (χ4v) is 2.49. The zero-order chi connectivity index (χ0) is 12.1. The van der Waals surface area contributed by atoms with E-state index in [1.54, 1.807) is 0 Å². The van der Waals surface area contributed by atoms with Crippen molar-refractivity contribution >= 4 is 0 Å². The molecule has 17 heavy (non-hydrogen) atoms. The summed E-state index contributed by atoms with van der Waals surface area (Å²) in [5.41, 5.74) is 1.25. The molecule has 94 valence electrons. The first-order valence-corrected chi connectivity index (χ1v) is 6.69. The molecular formula is C15H23NO. The summed E-state index contributed by atoms with van der Waals surface area (Å²) >= 11 is 0. The monoisotopic (exact) mass is 233 g/mol. The second kappa shape index (κ2) is 6.18. The van der Waals surface area contributed by atoms with Gasteiger partial charge in [-0.3, -0.25) is 4.84 Å². The van der Waals surface area contributed by atoms with Gasteiger partial charge in [-0.2, -0.15) is 5.06 Å². The van der Waals surface area contributed by atoms with Gasteiger partial charge in [0.15, 0.2) is 0 Å². The molecule has 0 radical (unpaired) electrons. The first kappa shape index (κ1) is 12.6. The van der Waals surface area contributed by atoms with Gasteiger partial charge in [-0.25, -0.2) is 0 Å². The Hall–Kier alpha value is -0.860. The molecule has 0 aliphatic carbocycles. The van der Waals surface area contributed by atoms with Crippen molar-refractivity contribution in [1.82, 2.24) is 5.06 Å². The fraction of sp³-hybridized carbons (Fsp3) is 0.600. The van der Waals surface area contributed by atoms with Crippen molar-refractivity contribution < 1.29 is 4.84 Å². The van der Waals surface area contributed by atoms with Gasteiger partial charge < -0.3 is 0 Å². The minimum atomic E-state index is 0.624. The molecule has 0 amide bonds. The predicted octanol–water partition coefficient (Wildman–Crippen LogP) is 3.63. The van der Waals surface area contributed by atoms with Crippen molar-refractivity contribution in [1.29, 1.82) is 0 Å². The van der Waals surface area contributed by atoms with Crippen LogP contribution in [0.25, 0.3) is 0 Å². The quantitative estimate of drug-likeness (QED) is 0.770. The van der Waals surface area contributed by atoms with E-state index in [4.69, 9.17) is 4.84 Å². The zero-order valence-electron chi connectivity index (χ0n) is 10.9. The molecule has 0 aromatic heterocycles. The normalized spacial score (nSPS) is 21.2. The van der Waals surface area contributed by atoms with Gasteiger partial charge in [-0.1, -0.05) is 44.2 Å². The molecule has 2 rings (SSSR count). The van der Waals surface area contributed by atoms with E-state index in [2.05, 4.69) is 43.2 Å². The highest BCUT2D eigenvalue weighted by Crippen LogP contribution is 2.24. The Labute approximate surface area is 105 Å². The summed E-state index contributed by atoms with van der Waals surface area (Å²) in [6.45, 7) is 6.36. The molecule has 2 heteroatoms. The highest BCUT2D eigenvalue weighted by Gasteiger charge is 2.25. The summed E-state index contributed by atoms with van der Waals surface area (Å²) in [7, 11) is 0. The molecule has 1 heterocycles. The molecule has 0 N–H and O–H groups in total. The maximum atomic E-state index is 5.94. The second-order valence-electron chi connectivity index (χ2n) is 5.33. The van der Waals surface area contributed by atoms with Crippen molar-refractivity contribution in [2.45, 2.75) is 45.8 Å². The van der Waals surface area contributed by atoms with Crippen molar-refractivity contribution in [2.75, 3.05) is 6.54 Å². The van der Waals surface area contributed by atoms with E-state index in [-0.39, 0.29) is 0 Å². The van der Waals surface area contributed by atoms with Crippen LogP contribution < -0.4 is 0 Å². The predicted molar refractivity (Wildman–Crippen MR) is 70.4 cm³/mol. The minimum Gasteiger partial charge on any atom is -0.294 e. The Kier molecular flexibility index (Phi) is 4.57. The first-order chi connectivity index (χ1) is 8.25. The van der Waals surface area contributed by atoms with Gasteiger partial charge >= 0.3 is 0 Å². The van der Waals surface area contributed by atoms with E-state index in [1.165, 1.54) is 24.8 Å². The third-order valence-corrected chi connectivity index (χ3v) is 3.31. The Balaban J connectivity index is 1.82. The highest BCUT2D eigenvalue weighted by molar-refractivity contribution is 5.13. The van der Waals surface area contributed by atoms with Crippen LogP contribution in [0.15, 0.2) is 30.3 Å². The summed E-state index contributed by atoms with van der Waals surface area (Å²) < 4.78 is 0. The van der Waals surface area contributed by atoms with E-state index in [1.807, 2.05) is 6.07 Å². The number of hydroxylamine groups is 2. The van der Waals surface area contributed by atoms with Gasteiger partial charge in [0.2, 0.25) is 0 Å². The second-order valence-corrected chi connectivity index (χ2v) is 5.33. The lowest BCUT2D eigenvalue weighted by atomic mass is 10.0. The van der Waals surface area contributed by atoms with Crippen LogP contribution in [0.2, 0.25) is 0 Å². The van der Waals surface area contributed by atoms with Crippen LogP contribution in [0.3, 0.4) is 0 Å². The Morgan fingerprint density at radius 2 is 2.06 bits per heavy atom. The van der Waals surface area contributed by atoms with E-state index in [0.29, 0.717) is 12.6 Å². The smallest absolute Gasteiger partial charge is 0.0936 e. The van der Waals surface area contributed by atoms with E-state index in [0.717, 1.165) is 12.5 Å². The Morgan fingerprint density at radius 1 is 1.29 bits per heavy atom. The summed E-state index contributed by atoms with van der Waals surface area (Å²) in [4.78, 5) is 5.94. The van der Waals surface area contributed by atoms with Gasteiger partial charge in [0.1, 0.15) is 0 Å². The summed E-state index contributed by atoms with van der Waals surface area (Å²) in [5.74, 6) is 0.751. The minimum absolute atomic E-state index is 0.624. The average molecular weight is 233 g/mol. The largest absolute Gasteiger partial charge is 0.294 e. The maximum absolute atomic E-state index is 5.94.